The normalized spacial score (nSPS) is 10.2. The third kappa shape index (κ3) is 2.86. The van der Waals surface area contributed by atoms with Gasteiger partial charge in [0.15, 0.2) is 11.6 Å². The molecule has 2 aromatic carbocycles. The van der Waals surface area contributed by atoms with E-state index in [9.17, 15) is 14.5 Å². The molecule has 0 bridgehead atoms. The van der Waals surface area contributed by atoms with E-state index in [0.717, 1.165) is 6.07 Å². The molecular formula is C13H10FNO4. The number of nitro benzene ring substituents is 1. The van der Waals surface area contributed by atoms with Crippen LogP contribution < -0.4 is 4.74 Å². The number of aliphatic hydroxyl groups is 1. The van der Waals surface area contributed by atoms with E-state index in [4.69, 9.17) is 9.84 Å². The van der Waals surface area contributed by atoms with Crippen LogP contribution in [0.1, 0.15) is 5.56 Å². The minimum Gasteiger partial charge on any atom is -0.447 e. The SMILES string of the molecule is O=[N+]([O-])c1ccccc1Oc1ccc(CO)cc1F. The number of hydrogen-bond acceptors (Lipinski definition) is 4. The monoisotopic (exact) mass is 263 g/mol. The number of nitrogens with zero attached hydrogens (tertiary/aromatic N) is 1. The fourth-order valence-corrected chi connectivity index (χ4v) is 1.54. The molecule has 0 atom stereocenters. The Labute approximate surface area is 108 Å². The number of ether oxygens (including phenoxy) is 1. The molecule has 0 saturated carbocycles. The van der Waals surface area contributed by atoms with Gasteiger partial charge in [0, 0.05) is 6.07 Å². The molecule has 0 spiro atoms. The van der Waals surface area contributed by atoms with E-state index in [0.29, 0.717) is 5.56 Å². The zero-order valence-electron chi connectivity index (χ0n) is 9.75. The average molecular weight is 263 g/mol. The van der Waals surface area contributed by atoms with Gasteiger partial charge in [0.05, 0.1) is 11.5 Å². The molecule has 2 aromatic rings. The zero-order valence-corrected chi connectivity index (χ0v) is 9.75. The van der Waals surface area contributed by atoms with E-state index < -0.39 is 10.7 Å². The number of rotatable bonds is 4. The minimum atomic E-state index is -0.690. The van der Waals surface area contributed by atoms with Gasteiger partial charge in [-0.05, 0) is 23.8 Å². The van der Waals surface area contributed by atoms with Crippen LogP contribution in [0.15, 0.2) is 42.5 Å². The maximum atomic E-state index is 13.6. The van der Waals surface area contributed by atoms with Crippen molar-refractivity contribution < 1.29 is 19.2 Å². The fourth-order valence-electron chi connectivity index (χ4n) is 1.54. The summed E-state index contributed by atoms with van der Waals surface area (Å²) in [6, 6.07) is 9.63. The highest BCUT2D eigenvalue weighted by atomic mass is 19.1. The summed E-state index contributed by atoms with van der Waals surface area (Å²) in [5, 5.41) is 19.7. The van der Waals surface area contributed by atoms with Crippen molar-refractivity contribution in [2.75, 3.05) is 0 Å². The summed E-state index contributed by atoms with van der Waals surface area (Å²) in [4.78, 5) is 10.2. The summed E-state index contributed by atoms with van der Waals surface area (Å²) in [6.07, 6.45) is 0. The van der Waals surface area contributed by atoms with Crippen molar-refractivity contribution in [1.82, 2.24) is 0 Å². The van der Waals surface area contributed by atoms with Crippen LogP contribution in [0.25, 0.3) is 0 Å². The van der Waals surface area contributed by atoms with Gasteiger partial charge in [-0.2, -0.15) is 0 Å². The average Bonchev–Trinajstić information content (AvgIpc) is 2.41. The van der Waals surface area contributed by atoms with Crippen molar-refractivity contribution in [1.29, 1.82) is 0 Å². The predicted molar refractivity (Wildman–Crippen MR) is 65.5 cm³/mol. The molecule has 0 saturated heterocycles. The van der Waals surface area contributed by atoms with Crippen LogP contribution in [0.4, 0.5) is 10.1 Å². The summed E-state index contributed by atoms with van der Waals surface area (Å²) in [5.41, 5.74) is 0.153. The highest BCUT2D eigenvalue weighted by Gasteiger charge is 2.16. The van der Waals surface area contributed by atoms with Crippen LogP contribution in [0.5, 0.6) is 11.5 Å². The third-order valence-corrected chi connectivity index (χ3v) is 2.46. The molecule has 0 aliphatic carbocycles. The van der Waals surface area contributed by atoms with Crippen molar-refractivity contribution in [3.05, 3.63) is 64.0 Å². The van der Waals surface area contributed by atoms with Gasteiger partial charge in [-0.3, -0.25) is 10.1 Å². The highest BCUT2D eigenvalue weighted by Crippen LogP contribution is 2.32. The number of halogens is 1. The second kappa shape index (κ2) is 5.45. The predicted octanol–water partition coefficient (Wildman–Crippen LogP) is 3.02. The first-order valence-electron chi connectivity index (χ1n) is 5.42. The van der Waals surface area contributed by atoms with Gasteiger partial charge < -0.3 is 9.84 Å². The van der Waals surface area contributed by atoms with E-state index in [1.165, 1.54) is 30.3 Å². The van der Waals surface area contributed by atoms with Gasteiger partial charge in [-0.25, -0.2) is 4.39 Å². The molecule has 2 rings (SSSR count). The highest BCUT2D eigenvalue weighted by molar-refractivity contribution is 5.48. The Hall–Kier alpha value is -2.47. The first kappa shape index (κ1) is 13.0. The first-order chi connectivity index (χ1) is 9.11. The van der Waals surface area contributed by atoms with Gasteiger partial charge in [-0.15, -0.1) is 0 Å². The third-order valence-electron chi connectivity index (χ3n) is 2.46. The molecule has 1 N–H and O–H groups in total. The Kier molecular flexibility index (Phi) is 3.72. The van der Waals surface area contributed by atoms with Gasteiger partial charge in [0.2, 0.25) is 5.75 Å². The number of nitro groups is 1. The largest absolute Gasteiger partial charge is 0.447 e. The lowest BCUT2D eigenvalue weighted by molar-refractivity contribution is -0.385. The summed E-state index contributed by atoms with van der Waals surface area (Å²) in [7, 11) is 0. The number of hydrogen-bond donors (Lipinski definition) is 1. The quantitative estimate of drug-likeness (QED) is 0.679. The molecule has 0 radical (unpaired) electrons. The molecule has 5 nitrogen and oxygen atoms in total. The maximum absolute atomic E-state index is 13.6. The molecule has 19 heavy (non-hydrogen) atoms. The minimum absolute atomic E-state index is 0.0388. The standard InChI is InChI=1S/C13H10FNO4/c14-10-7-9(8-16)5-6-12(10)19-13-4-2-1-3-11(13)15(17)18/h1-7,16H,8H2. The number of benzene rings is 2. The van der Waals surface area contributed by atoms with E-state index in [2.05, 4.69) is 0 Å². The number of para-hydroxylation sites is 2. The molecule has 98 valence electrons. The van der Waals surface area contributed by atoms with Crippen LogP contribution in [0, 0.1) is 15.9 Å². The molecule has 0 amide bonds. The van der Waals surface area contributed by atoms with Crippen molar-refractivity contribution in [3.8, 4) is 11.5 Å². The van der Waals surface area contributed by atoms with Crippen molar-refractivity contribution >= 4 is 5.69 Å². The maximum Gasteiger partial charge on any atom is 0.311 e. The molecule has 0 fully saturated rings. The van der Waals surface area contributed by atoms with Crippen LogP contribution in [-0.4, -0.2) is 10.0 Å². The molecule has 0 aliphatic rings. The van der Waals surface area contributed by atoms with Gasteiger partial charge in [-0.1, -0.05) is 18.2 Å². The molecular weight excluding hydrogens is 253 g/mol. The van der Waals surface area contributed by atoms with Crippen molar-refractivity contribution in [2.24, 2.45) is 0 Å². The topological polar surface area (TPSA) is 72.6 Å². The Bertz CT molecular complexity index is 615. The molecule has 0 unspecified atom stereocenters. The smallest absolute Gasteiger partial charge is 0.311 e. The Morgan fingerprint density at radius 2 is 1.95 bits per heavy atom. The van der Waals surface area contributed by atoms with E-state index >= 15 is 0 Å². The van der Waals surface area contributed by atoms with Crippen LogP contribution >= 0.6 is 0 Å². The lowest BCUT2D eigenvalue weighted by atomic mass is 10.2. The van der Waals surface area contributed by atoms with E-state index in [1.807, 2.05) is 0 Å². The zero-order chi connectivity index (χ0) is 13.8. The van der Waals surface area contributed by atoms with Crippen LogP contribution in [0.2, 0.25) is 0 Å². The van der Waals surface area contributed by atoms with Crippen molar-refractivity contribution in [3.63, 3.8) is 0 Å². The molecule has 0 aromatic heterocycles. The Morgan fingerprint density at radius 3 is 2.58 bits per heavy atom. The number of aliphatic hydroxyl groups excluding tert-OH is 1. The van der Waals surface area contributed by atoms with Crippen molar-refractivity contribution in [2.45, 2.75) is 6.61 Å². The van der Waals surface area contributed by atoms with Crippen LogP contribution in [0.3, 0.4) is 0 Å². The Morgan fingerprint density at radius 1 is 1.21 bits per heavy atom. The lowest BCUT2D eigenvalue weighted by Crippen LogP contribution is -1.95. The van der Waals surface area contributed by atoms with E-state index in [-0.39, 0.29) is 23.8 Å². The molecule has 0 aliphatic heterocycles. The Balaban J connectivity index is 2.34. The second-order valence-electron chi connectivity index (χ2n) is 3.75. The van der Waals surface area contributed by atoms with Gasteiger partial charge in [0.25, 0.3) is 0 Å². The van der Waals surface area contributed by atoms with E-state index in [1.54, 1.807) is 6.07 Å². The summed E-state index contributed by atoms with van der Waals surface area (Å²) in [5.74, 6) is -0.862. The summed E-state index contributed by atoms with van der Waals surface area (Å²) < 4.78 is 18.9. The van der Waals surface area contributed by atoms with Gasteiger partial charge in [0.1, 0.15) is 0 Å². The molecule has 6 heteroatoms. The molecule has 0 heterocycles. The van der Waals surface area contributed by atoms with Crippen LogP contribution in [-0.2, 0) is 6.61 Å². The summed E-state index contributed by atoms with van der Waals surface area (Å²) >= 11 is 0. The summed E-state index contributed by atoms with van der Waals surface area (Å²) in [6.45, 7) is -0.289. The fraction of sp³-hybridized carbons (Fsp3) is 0.0769. The lowest BCUT2D eigenvalue weighted by Gasteiger charge is -2.07. The van der Waals surface area contributed by atoms with Gasteiger partial charge >= 0.3 is 5.69 Å². The first-order valence-corrected chi connectivity index (χ1v) is 5.42. The second-order valence-corrected chi connectivity index (χ2v) is 3.75.